The molecule has 4 fully saturated rings. The number of carboxylic acids is 1. The summed E-state index contributed by atoms with van der Waals surface area (Å²) in [6.07, 6.45) is 6.42. The van der Waals surface area contributed by atoms with Crippen molar-refractivity contribution >= 4 is 17.6 Å². The highest BCUT2D eigenvalue weighted by Gasteiger charge is 2.45. The van der Waals surface area contributed by atoms with Crippen LogP contribution < -0.4 is 14.4 Å². The Morgan fingerprint density at radius 3 is 2.11 bits per heavy atom. The van der Waals surface area contributed by atoms with Gasteiger partial charge in [-0.15, -0.1) is 0 Å². The number of benzene rings is 2. The SMILES string of the molecule is O=C(O)c1ccc(N2CC3(CCN(Cc4cc(OC5CC5)c(F)c(OC5CC5)c4)CC3)CC2=O)cc1. The van der Waals surface area contributed by atoms with Gasteiger partial charge in [-0.1, -0.05) is 0 Å². The number of rotatable bonds is 8. The van der Waals surface area contributed by atoms with Crippen molar-refractivity contribution in [3.05, 3.63) is 53.3 Å². The lowest BCUT2D eigenvalue weighted by Crippen LogP contribution is -2.41. The molecule has 2 aliphatic heterocycles. The van der Waals surface area contributed by atoms with Crippen molar-refractivity contribution in [2.24, 2.45) is 5.41 Å². The van der Waals surface area contributed by atoms with Gasteiger partial charge in [-0.3, -0.25) is 9.69 Å². The number of piperidine rings is 1. The lowest BCUT2D eigenvalue weighted by molar-refractivity contribution is -0.118. The normalized spacial score (nSPS) is 21.7. The minimum absolute atomic E-state index is 0.0671. The predicted molar refractivity (Wildman–Crippen MR) is 131 cm³/mol. The molecule has 2 aliphatic carbocycles. The van der Waals surface area contributed by atoms with Gasteiger partial charge in [0.1, 0.15) is 0 Å². The number of amides is 1. The number of carbonyl (C=O) groups is 2. The van der Waals surface area contributed by atoms with Crippen molar-refractivity contribution in [1.82, 2.24) is 4.90 Å². The summed E-state index contributed by atoms with van der Waals surface area (Å²) in [4.78, 5) is 28.2. The Balaban J connectivity index is 1.11. The summed E-state index contributed by atoms with van der Waals surface area (Å²) in [5, 5.41) is 9.13. The first-order valence-corrected chi connectivity index (χ1v) is 12.9. The van der Waals surface area contributed by atoms with Gasteiger partial charge in [0.15, 0.2) is 11.5 Å². The molecule has 2 saturated heterocycles. The molecule has 0 atom stereocenters. The van der Waals surface area contributed by atoms with E-state index >= 15 is 0 Å². The number of nitrogens with zero attached hydrogens (tertiary/aromatic N) is 2. The van der Waals surface area contributed by atoms with Crippen molar-refractivity contribution in [2.75, 3.05) is 24.5 Å². The Kier molecular flexibility index (Phi) is 5.86. The van der Waals surface area contributed by atoms with Crippen LogP contribution in [0.15, 0.2) is 36.4 Å². The lowest BCUT2D eigenvalue weighted by Gasteiger charge is -2.39. The van der Waals surface area contributed by atoms with E-state index in [0.29, 0.717) is 31.0 Å². The number of anilines is 1. The molecule has 1 spiro atoms. The van der Waals surface area contributed by atoms with E-state index in [0.717, 1.165) is 62.9 Å². The molecule has 0 unspecified atom stereocenters. The van der Waals surface area contributed by atoms with Crippen LogP contribution in [0.3, 0.4) is 0 Å². The lowest BCUT2D eigenvalue weighted by atomic mass is 9.77. The number of hydrogen-bond acceptors (Lipinski definition) is 5. The predicted octanol–water partition coefficient (Wildman–Crippen LogP) is 4.63. The molecule has 4 aliphatic rings. The van der Waals surface area contributed by atoms with Crippen LogP contribution in [0.5, 0.6) is 11.5 Å². The third-order valence-electron chi connectivity index (χ3n) is 7.77. The van der Waals surface area contributed by atoms with Gasteiger partial charge in [-0.25, -0.2) is 4.79 Å². The van der Waals surface area contributed by atoms with Crippen LogP contribution in [0.1, 0.15) is 60.9 Å². The molecule has 6 rings (SSSR count). The number of aromatic carboxylic acids is 1. The summed E-state index contributed by atoms with van der Waals surface area (Å²) >= 11 is 0. The summed E-state index contributed by atoms with van der Waals surface area (Å²) in [7, 11) is 0. The first-order valence-electron chi connectivity index (χ1n) is 12.9. The quantitative estimate of drug-likeness (QED) is 0.577. The molecule has 1 amide bonds. The van der Waals surface area contributed by atoms with Crippen molar-refractivity contribution in [3.8, 4) is 11.5 Å². The Bertz CT molecular complexity index is 1130. The maximum absolute atomic E-state index is 15.0. The molecule has 1 N–H and O–H groups in total. The monoisotopic (exact) mass is 494 g/mol. The molecule has 190 valence electrons. The molecule has 2 aromatic rings. The minimum Gasteiger partial charge on any atom is -0.487 e. The van der Waals surface area contributed by atoms with Crippen LogP contribution in [-0.4, -0.2) is 53.7 Å². The maximum atomic E-state index is 15.0. The smallest absolute Gasteiger partial charge is 0.335 e. The fourth-order valence-electron chi connectivity index (χ4n) is 5.31. The molecule has 8 heteroatoms. The summed E-state index contributed by atoms with van der Waals surface area (Å²) in [5.41, 5.74) is 1.89. The summed E-state index contributed by atoms with van der Waals surface area (Å²) in [6.45, 7) is 3.05. The van der Waals surface area contributed by atoms with Crippen molar-refractivity contribution in [1.29, 1.82) is 0 Å². The van der Waals surface area contributed by atoms with Gasteiger partial charge in [-0.05, 0) is 99.0 Å². The number of hydrogen-bond donors (Lipinski definition) is 1. The maximum Gasteiger partial charge on any atom is 0.335 e. The second-order valence-corrected chi connectivity index (χ2v) is 10.8. The van der Waals surface area contributed by atoms with Gasteiger partial charge in [0, 0.05) is 25.2 Å². The molecule has 2 heterocycles. The molecule has 0 bridgehead atoms. The summed E-state index contributed by atoms with van der Waals surface area (Å²) in [5.74, 6) is -0.684. The van der Waals surface area contributed by atoms with E-state index in [4.69, 9.17) is 14.6 Å². The van der Waals surface area contributed by atoms with Gasteiger partial charge in [0.2, 0.25) is 11.7 Å². The van der Waals surface area contributed by atoms with Gasteiger partial charge >= 0.3 is 5.97 Å². The van der Waals surface area contributed by atoms with E-state index in [9.17, 15) is 14.0 Å². The zero-order valence-electron chi connectivity index (χ0n) is 20.2. The zero-order chi connectivity index (χ0) is 24.9. The van der Waals surface area contributed by atoms with E-state index in [1.807, 2.05) is 12.1 Å². The fraction of sp³-hybridized carbons (Fsp3) is 0.500. The number of carboxylic acid groups (broad SMARTS) is 1. The van der Waals surface area contributed by atoms with E-state index in [1.54, 1.807) is 29.2 Å². The van der Waals surface area contributed by atoms with Gasteiger partial charge in [-0.2, -0.15) is 4.39 Å². The number of carbonyl (C=O) groups excluding carboxylic acids is 1. The van der Waals surface area contributed by atoms with Gasteiger partial charge in [0.25, 0.3) is 0 Å². The van der Waals surface area contributed by atoms with Crippen LogP contribution in [-0.2, 0) is 11.3 Å². The highest BCUT2D eigenvalue weighted by atomic mass is 19.1. The van der Waals surface area contributed by atoms with Crippen molar-refractivity contribution in [3.63, 3.8) is 0 Å². The average molecular weight is 495 g/mol. The van der Waals surface area contributed by atoms with Crippen LogP contribution in [0.2, 0.25) is 0 Å². The van der Waals surface area contributed by atoms with Gasteiger partial charge < -0.3 is 19.5 Å². The summed E-state index contributed by atoms with van der Waals surface area (Å²) in [6, 6.07) is 10.2. The third kappa shape index (κ3) is 4.91. The average Bonchev–Trinajstić information content (AvgIpc) is 3.79. The Labute approximate surface area is 209 Å². The van der Waals surface area contributed by atoms with E-state index in [2.05, 4.69) is 4.90 Å². The highest BCUT2D eigenvalue weighted by molar-refractivity contribution is 5.97. The van der Waals surface area contributed by atoms with E-state index < -0.39 is 11.8 Å². The number of likely N-dealkylation sites (tertiary alicyclic amines) is 1. The van der Waals surface area contributed by atoms with Crippen molar-refractivity contribution < 1.29 is 28.6 Å². The standard InChI is InChI=1S/C28H31FN2O5/c29-26-23(35-21-5-6-21)13-18(14-24(26)36-22-7-8-22)16-30-11-9-28(10-12-30)15-25(32)31(17-28)20-3-1-19(2-4-20)27(33)34/h1-4,13-14,21-22H,5-12,15-17H2,(H,33,34). The van der Waals surface area contributed by atoms with Crippen LogP contribution in [0.4, 0.5) is 10.1 Å². The largest absolute Gasteiger partial charge is 0.487 e. The summed E-state index contributed by atoms with van der Waals surface area (Å²) < 4.78 is 26.6. The second kappa shape index (κ2) is 9.07. The molecular formula is C28H31FN2O5. The molecular weight excluding hydrogens is 463 g/mol. The first-order chi connectivity index (χ1) is 17.4. The van der Waals surface area contributed by atoms with Crippen LogP contribution in [0.25, 0.3) is 0 Å². The molecule has 2 saturated carbocycles. The number of ether oxygens (including phenoxy) is 2. The molecule has 0 aromatic heterocycles. The number of halogens is 1. The Morgan fingerprint density at radius 1 is 1.00 bits per heavy atom. The second-order valence-electron chi connectivity index (χ2n) is 10.8. The van der Waals surface area contributed by atoms with Crippen molar-refractivity contribution in [2.45, 2.75) is 63.7 Å². The molecule has 36 heavy (non-hydrogen) atoms. The third-order valence-corrected chi connectivity index (χ3v) is 7.77. The fourth-order valence-corrected chi connectivity index (χ4v) is 5.31. The molecule has 7 nitrogen and oxygen atoms in total. The molecule has 2 aromatic carbocycles. The van der Waals surface area contributed by atoms with Crippen LogP contribution >= 0.6 is 0 Å². The minimum atomic E-state index is -0.975. The molecule has 0 radical (unpaired) electrons. The van der Waals surface area contributed by atoms with Crippen LogP contribution in [0, 0.1) is 11.2 Å². The zero-order valence-corrected chi connectivity index (χ0v) is 20.2. The Hall–Kier alpha value is -3.13. The first kappa shape index (κ1) is 23.3. The highest BCUT2D eigenvalue weighted by Crippen LogP contribution is 2.43. The topological polar surface area (TPSA) is 79.3 Å². The van der Waals surface area contributed by atoms with E-state index in [-0.39, 0.29) is 29.1 Å². The van der Waals surface area contributed by atoms with Gasteiger partial charge in [0.05, 0.1) is 17.8 Å². The van der Waals surface area contributed by atoms with E-state index in [1.165, 1.54) is 0 Å². The Morgan fingerprint density at radius 2 is 1.58 bits per heavy atom.